The number of sulfonamides is 1. The van der Waals surface area contributed by atoms with Gasteiger partial charge in [-0.3, -0.25) is 0 Å². The molecule has 0 bridgehead atoms. The predicted octanol–water partition coefficient (Wildman–Crippen LogP) is 4.61. The Hall–Kier alpha value is -1.41. The van der Waals surface area contributed by atoms with Crippen molar-refractivity contribution in [1.29, 1.82) is 0 Å². The predicted molar refractivity (Wildman–Crippen MR) is 121 cm³/mol. The molecule has 0 aliphatic carbocycles. The number of rotatable bonds is 18. The quantitative estimate of drug-likeness (QED) is 0.245. The first-order valence-electron chi connectivity index (χ1n) is 11.5. The molecule has 0 aromatic rings. The molecule has 0 fully saturated rings. The summed E-state index contributed by atoms with van der Waals surface area (Å²) in [5, 5.41) is 4.87. The van der Waals surface area contributed by atoms with Crippen molar-refractivity contribution in [2.45, 2.75) is 109 Å². The zero-order chi connectivity index (χ0) is 22.2. The van der Waals surface area contributed by atoms with E-state index in [1.165, 1.54) is 38.5 Å². The van der Waals surface area contributed by atoms with Crippen LogP contribution in [-0.2, 0) is 24.3 Å². The van der Waals surface area contributed by atoms with Gasteiger partial charge in [0.25, 0.3) is 0 Å². The second-order valence-corrected chi connectivity index (χ2v) is 9.75. The van der Waals surface area contributed by atoms with E-state index in [9.17, 15) is 13.2 Å². The molecule has 2 atom stereocenters. The highest BCUT2D eigenvalue weighted by Crippen LogP contribution is 2.19. The second-order valence-electron chi connectivity index (χ2n) is 7.90. The lowest BCUT2D eigenvalue weighted by Crippen LogP contribution is -2.31. The van der Waals surface area contributed by atoms with E-state index in [2.05, 4.69) is 11.9 Å². The SMILES string of the molecule is CCCCCCCCCCCC(CCCC(OC1=NC=C1)C(=O)OCC)S(N)(=O)=O. The summed E-state index contributed by atoms with van der Waals surface area (Å²) >= 11 is 0. The average Bonchev–Trinajstić information content (AvgIpc) is 2.65. The second kappa shape index (κ2) is 15.4. The Balaban J connectivity index is 2.32. The van der Waals surface area contributed by atoms with E-state index >= 15 is 0 Å². The topological polar surface area (TPSA) is 108 Å². The minimum Gasteiger partial charge on any atom is -0.463 e. The number of ether oxygens (including phenoxy) is 2. The third kappa shape index (κ3) is 11.7. The van der Waals surface area contributed by atoms with Crippen LogP contribution < -0.4 is 5.14 Å². The van der Waals surface area contributed by atoms with Crippen LogP contribution in [-0.4, -0.2) is 38.2 Å². The van der Waals surface area contributed by atoms with Crippen molar-refractivity contribution in [2.24, 2.45) is 10.1 Å². The number of hydrogen-bond acceptors (Lipinski definition) is 6. The minimum absolute atomic E-state index is 0.263. The maximum absolute atomic E-state index is 12.1. The molecule has 174 valence electrons. The van der Waals surface area contributed by atoms with E-state index in [-0.39, 0.29) is 6.61 Å². The normalized spacial score (nSPS) is 15.2. The number of aliphatic imine (C=N–C) groups is 1. The molecule has 1 rings (SSSR count). The fraction of sp³-hybridized carbons (Fsp3) is 0.818. The molecule has 0 amide bonds. The number of hydrogen-bond donors (Lipinski definition) is 1. The van der Waals surface area contributed by atoms with Crippen molar-refractivity contribution in [1.82, 2.24) is 0 Å². The molecule has 30 heavy (non-hydrogen) atoms. The summed E-state index contributed by atoms with van der Waals surface area (Å²) in [5.74, 6) is -0.0580. The smallest absolute Gasteiger partial charge is 0.347 e. The van der Waals surface area contributed by atoms with Gasteiger partial charge in [0.2, 0.25) is 15.9 Å². The molecule has 7 nitrogen and oxygen atoms in total. The summed E-state index contributed by atoms with van der Waals surface area (Å²) in [7, 11) is -3.61. The highest BCUT2D eigenvalue weighted by molar-refractivity contribution is 7.89. The Kier molecular flexibility index (Phi) is 13.7. The zero-order valence-corrected chi connectivity index (χ0v) is 19.5. The number of nitrogens with zero attached hydrogens (tertiary/aromatic N) is 1. The van der Waals surface area contributed by atoms with Gasteiger partial charge in [-0.05, 0) is 32.6 Å². The van der Waals surface area contributed by atoms with Crippen LogP contribution in [0.1, 0.15) is 97.3 Å². The number of unbranched alkanes of at least 4 members (excludes halogenated alkanes) is 8. The van der Waals surface area contributed by atoms with Crippen molar-refractivity contribution in [3.63, 3.8) is 0 Å². The molecule has 0 aromatic heterocycles. The minimum atomic E-state index is -3.61. The fourth-order valence-electron chi connectivity index (χ4n) is 3.50. The van der Waals surface area contributed by atoms with Crippen molar-refractivity contribution < 1.29 is 22.7 Å². The van der Waals surface area contributed by atoms with E-state index in [0.717, 1.165) is 19.3 Å². The molecule has 1 aliphatic heterocycles. The number of esters is 1. The van der Waals surface area contributed by atoms with Crippen LogP contribution in [0.25, 0.3) is 0 Å². The fourth-order valence-corrected chi connectivity index (χ4v) is 4.49. The number of carbonyl (C=O) groups excluding carboxylic acids is 1. The summed E-state index contributed by atoms with van der Waals surface area (Å²) in [5.41, 5.74) is 0. The Labute approximate surface area is 182 Å². The first-order valence-corrected chi connectivity index (χ1v) is 13.1. The van der Waals surface area contributed by atoms with Gasteiger partial charge in [0, 0.05) is 12.3 Å². The first kappa shape index (κ1) is 26.6. The van der Waals surface area contributed by atoms with E-state index in [1.54, 1.807) is 19.2 Å². The third-order valence-electron chi connectivity index (χ3n) is 5.32. The van der Waals surface area contributed by atoms with E-state index in [0.29, 0.717) is 31.6 Å². The van der Waals surface area contributed by atoms with Gasteiger partial charge < -0.3 is 9.47 Å². The van der Waals surface area contributed by atoms with E-state index < -0.39 is 27.3 Å². The van der Waals surface area contributed by atoms with Crippen molar-refractivity contribution in [2.75, 3.05) is 6.61 Å². The lowest BCUT2D eigenvalue weighted by molar-refractivity contribution is -0.152. The van der Waals surface area contributed by atoms with Crippen molar-refractivity contribution in [3.05, 3.63) is 12.3 Å². The molecule has 0 radical (unpaired) electrons. The molecular weight excluding hydrogens is 404 g/mol. The molecule has 1 aliphatic rings. The highest BCUT2D eigenvalue weighted by Gasteiger charge is 2.26. The van der Waals surface area contributed by atoms with Gasteiger partial charge in [0.1, 0.15) is 0 Å². The molecule has 0 saturated heterocycles. The van der Waals surface area contributed by atoms with Crippen LogP contribution in [0.5, 0.6) is 0 Å². The highest BCUT2D eigenvalue weighted by atomic mass is 32.2. The number of carbonyl (C=O) groups is 1. The first-order chi connectivity index (χ1) is 14.4. The summed E-state index contributed by atoms with van der Waals surface area (Å²) in [6.45, 7) is 4.21. The largest absolute Gasteiger partial charge is 0.463 e. The molecule has 8 heteroatoms. The van der Waals surface area contributed by atoms with Gasteiger partial charge >= 0.3 is 5.97 Å². The molecule has 0 aromatic carbocycles. The van der Waals surface area contributed by atoms with Gasteiger partial charge in [0.15, 0.2) is 6.10 Å². The van der Waals surface area contributed by atoms with Crippen LogP contribution in [0.4, 0.5) is 0 Å². The maximum atomic E-state index is 12.1. The maximum Gasteiger partial charge on any atom is 0.347 e. The molecule has 2 N–H and O–H groups in total. The summed E-state index contributed by atoms with van der Waals surface area (Å²) < 4.78 is 34.5. The zero-order valence-electron chi connectivity index (χ0n) is 18.7. The van der Waals surface area contributed by atoms with Crippen LogP contribution in [0.15, 0.2) is 17.3 Å². The Morgan fingerprint density at radius 1 is 0.967 bits per heavy atom. The number of primary sulfonamides is 1. The molecule has 1 heterocycles. The Bertz CT molecular complexity index is 646. The summed E-state index contributed by atoms with van der Waals surface area (Å²) in [6, 6.07) is 0. The van der Waals surface area contributed by atoms with Crippen LogP contribution in [0.2, 0.25) is 0 Å². The van der Waals surface area contributed by atoms with Gasteiger partial charge in [-0.15, -0.1) is 0 Å². The van der Waals surface area contributed by atoms with Crippen LogP contribution >= 0.6 is 0 Å². The Morgan fingerprint density at radius 2 is 1.53 bits per heavy atom. The molecule has 2 unspecified atom stereocenters. The average molecular weight is 445 g/mol. The van der Waals surface area contributed by atoms with Crippen LogP contribution in [0.3, 0.4) is 0 Å². The van der Waals surface area contributed by atoms with Gasteiger partial charge in [-0.2, -0.15) is 0 Å². The van der Waals surface area contributed by atoms with Crippen LogP contribution in [0, 0.1) is 0 Å². The van der Waals surface area contributed by atoms with Crippen molar-refractivity contribution >= 4 is 21.9 Å². The summed E-state index contributed by atoms with van der Waals surface area (Å²) in [4.78, 5) is 16.0. The molecule has 0 saturated carbocycles. The monoisotopic (exact) mass is 444 g/mol. The lowest BCUT2D eigenvalue weighted by atomic mass is 10.0. The van der Waals surface area contributed by atoms with E-state index in [4.69, 9.17) is 14.6 Å². The molecular formula is C22H40N2O5S. The number of nitrogens with two attached hydrogens (primary N) is 1. The van der Waals surface area contributed by atoms with E-state index in [1.807, 2.05) is 0 Å². The third-order valence-corrected chi connectivity index (χ3v) is 6.72. The summed E-state index contributed by atoms with van der Waals surface area (Å²) in [6.07, 6.45) is 15.0. The Morgan fingerprint density at radius 3 is 2.03 bits per heavy atom. The molecule has 0 spiro atoms. The lowest BCUT2D eigenvalue weighted by Gasteiger charge is -2.20. The standard InChI is InChI=1S/C22H40N2O5S/c1-3-5-6-7-8-9-10-11-12-14-19(30(23,26)27)15-13-16-20(22(25)28-4-2)29-21-17-18-24-21/h17-20H,3-16H2,1-2H3,(H2,23,26,27). The van der Waals surface area contributed by atoms with Gasteiger partial charge in [-0.1, -0.05) is 64.7 Å². The van der Waals surface area contributed by atoms with Gasteiger partial charge in [-0.25, -0.2) is 23.3 Å². The van der Waals surface area contributed by atoms with Crippen molar-refractivity contribution in [3.8, 4) is 0 Å². The van der Waals surface area contributed by atoms with Gasteiger partial charge in [0.05, 0.1) is 11.9 Å².